The number of pyridine rings is 1. The second-order valence-electron chi connectivity index (χ2n) is 21.3. The van der Waals surface area contributed by atoms with Gasteiger partial charge < -0.3 is 47.6 Å². The van der Waals surface area contributed by atoms with E-state index in [-0.39, 0.29) is 102 Å². The van der Waals surface area contributed by atoms with E-state index in [0.29, 0.717) is 24.8 Å². The molecule has 9 atom stereocenters. The summed E-state index contributed by atoms with van der Waals surface area (Å²) in [5, 5.41) is 24.7. The summed E-state index contributed by atoms with van der Waals surface area (Å²) in [6.07, 6.45) is 4.00. The van der Waals surface area contributed by atoms with Crippen molar-refractivity contribution in [2.45, 2.75) is 143 Å². The molecule has 3 aromatic rings. The van der Waals surface area contributed by atoms with Gasteiger partial charge in [-0.15, -0.1) is 0 Å². The van der Waals surface area contributed by atoms with E-state index in [1.54, 1.807) is 50.2 Å². The zero-order valence-electron chi connectivity index (χ0n) is 40.7. The first-order chi connectivity index (χ1) is 32.3. The lowest BCUT2D eigenvalue weighted by atomic mass is 9.44. The molecular weight excluding hydrogens is 901 g/mol. The lowest BCUT2D eigenvalue weighted by Gasteiger charge is -2.62. The molecule has 0 bridgehead atoms. The lowest BCUT2D eigenvalue weighted by molar-refractivity contribution is -0.223. The van der Waals surface area contributed by atoms with E-state index in [9.17, 15) is 34.2 Å². The molecule has 1 saturated heterocycles. The Hall–Kier alpha value is -5.62. The van der Waals surface area contributed by atoms with Crippen LogP contribution in [0.15, 0.2) is 42.2 Å². The number of carbonyl (C=O) groups is 4. The molecule has 1 unspecified atom stereocenters. The van der Waals surface area contributed by atoms with Gasteiger partial charge >= 0.3 is 17.9 Å². The Morgan fingerprint density at radius 2 is 1.71 bits per heavy atom. The molecule has 2 N–H and O–H groups in total. The topological polar surface area (TPSA) is 208 Å². The van der Waals surface area contributed by atoms with Gasteiger partial charge in [0, 0.05) is 59.7 Å². The van der Waals surface area contributed by atoms with E-state index < -0.39 is 98.1 Å². The molecule has 18 heteroatoms. The number of nitrogens with zero attached hydrogens (tertiary/aromatic N) is 3. The van der Waals surface area contributed by atoms with E-state index in [4.69, 9.17) is 23.0 Å². The molecule has 3 heterocycles. The van der Waals surface area contributed by atoms with Gasteiger partial charge in [0.2, 0.25) is 11.2 Å². The fourth-order valence-corrected chi connectivity index (χ4v) is 13.3. The molecule has 1 amide bonds. The number of benzene rings is 1. The minimum absolute atomic E-state index is 0.0570. The van der Waals surface area contributed by atoms with Gasteiger partial charge in [-0.05, 0) is 111 Å². The number of ketones is 2. The number of halogens is 2. The van der Waals surface area contributed by atoms with Gasteiger partial charge in [0.1, 0.15) is 16.9 Å². The standard InChI is InChI=1S/C51H61F2N3O13/c1-24-19-33-32-14-11-29-20-31(57)15-16-48(29,8)50(32,53)35(58)21-49(33,9)51(24,64)44(61)47(6,7)69-43(60)37-27(4)56(30-12-13-30)39-36(41(37)59)26(3)38(52)40(42(39)65-10)54-17-18-55(25(2)22-54)45(62)66-23-34-28(5)67-46(63)68-34/h15-16,20,24-25,30,32-33,35,58,64H,11-14,17-19,21-23H2,1-10H3/t24-,25?,32+,33+,35+,48+,49+,50+,51+/m1/s1. The van der Waals surface area contributed by atoms with Crippen LogP contribution in [0.25, 0.3) is 10.9 Å². The highest BCUT2D eigenvalue weighted by Gasteiger charge is 2.76. The van der Waals surface area contributed by atoms with Crippen LogP contribution in [0.3, 0.4) is 0 Å². The number of fused-ring (bicyclic) bond motifs is 6. The average Bonchev–Trinajstić information content (AvgIpc) is 4.03. The maximum atomic E-state index is 17.9. The first-order valence-electron chi connectivity index (χ1n) is 23.8. The number of alkyl halides is 1. The Labute approximate surface area is 397 Å². The maximum absolute atomic E-state index is 17.9. The number of rotatable bonds is 9. The van der Waals surface area contributed by atoms with Crippen LogP contribution in [-0.4, -0.2) is 99.1 Å². The minimum Gasteiger partial charge on any atom is -0.492 e. The van der Waals surface area contributed by atoms with Crippen molar-refractivity contribution in [2.75, 3.05) is 31.6 Å². The van der Waals surface area contributed by atoms with Gasteiger partial charge in [-0.3, -0.25) is 14.4 Å². The van der Waals surface area contributed by atoms with Crippen LogP contribution in [-0.2, 0) is 25.7 Å². The Balaban J connectivity index is 1.01. The molecule has 0 spiro atoms. The third-order valence-corrected chi connectivity index (χ3v) is 17.1. The molecule has 9 rings (SSSR count). The van der Waals surface area contributed by atoms with Crippen LogP contribution in [0.1, 0.15) is 119 Å². The van der Waals surface area contributed by atoms with E-state index in [1.165, 1.54) is 51.9 Å². The van der Waals surface area contributed by atoms with Crippen molar-refractivity contribution in [3.63, 3.8) is 0 Å². The number of Topliss-reactive ketones (excluding diaryl/α,β-unsaturated/α-hetero) is 1. The van der Waals surface area contributed by atoms with Gasteiger partial charge in [0.05, 0.1) is 24.1 Å². The van der Waals surface area contributed by atoms with Crippen molar-refractivity contribution in [1.82, 2.24) is 9.47 Å². The van der Waals surface area contributed by atoms with Gasteiger partial charge in [0.15, 0.2) is 46.7 Å². The summed E-state index contributed by atoms with van der Waals surface area (Å²) in [6, 6.07) is -0.702. The number of ether oxygens (including phenoxy) is 3. The number of esters is 1. The molecule has 2 aromatic heterocycles. The van der Waals surface area contributed by atoms with E-state index in [2.05, 4.69) is 0 Å². The molecule has 1 aromatic carbocycles. The second kappa shape index (κ2) is 16.2. The van der Waals surface area contributed by atoms with Gasteiger partial charge in [-0.25, -0.2) is 23.2 Å². The summed E-state index contributed by atoms with van der Waals surface area (Å²) < 4.78 is 63.9. The summed E-state index contributed by atoms with van der Waals surface area (Å²) in [6.45, 7) is 14.1. The van der Waals surface area contributed by atoms with E-state index in [1.807, 2.05) is 0 Å². The minimum atomic E-state index is -2.21. The summed E-state index contributed by atoms with van der Waals surface area (Å²) >= 11 is 0. The number of aliphatic hydroxyl groups is 2. The molecule has 1 aliphatic heterocycles. The summed E-state index contributed by atoms with van der Waals surface area (Å²) in [5.41, 5.74) is -9.27. The molecule has 69 heavy (non-hydrogen) atoms. The van der Waals surface area contributed by atoms with Crippen molar-refractivity contribution in [1.29, 1.82) is 0 Å². The Kier molecular flexibility index (Phi) is 11.4. The van der Waals surface area contributed by atoms with Crippen LogP contribution in [0, 0.1) is 55.2 Å². The van der Waals surface area contributed by atoms with Crippen molar-refractivity contribution in [2.24, 2.45) is 28.6 Å². The SMILES string of the molecule is COc1c(N2CCN(C(=O)OCc3oc(=O)oc3C)C(C)C2)c(F)c(C)c2c(=O)c(C(=O)OC(C)(C)C(=O)[C@@]3(O)[C@H](C)C[C@H]4[C@@H]5CCC6=CC(=O)C=C[C@]6(C)[C@@]5(F)[C@@H](O)C[C@@]43C)c(C)n(C3CC3)c12. The van der Waals surface area contributed by atoms with Crippen molar-refractivity contribution in [3.05, 3.63) is 78.8 Å². The van der Waals surface area contributed by atoms with Crippen molar-refractivity contribution in [3.8, 4) is 5.75 Å². The second-order valence-corrected chi connectivity index (χ2v) is 21.3. The molecule has 6 aliphatic rings. The predicted octanol–water partition coefficient (Wildman–Crippen LogP) is 6.66. The number of amides is 1. The number of aliphatic hydroxyl groups excluding tert-OH is 1. The summed E-state index contributed by atoms with van der Waals surface area (Å²) in [7, 11) is 1.37. The Morgan fingerprint density at radius 1 is 1.01 bits per heavy atom. The predicted molar refractivity (Wildman–Crippen MR) is 245 cm³/mol. The van der Waals surface area contributed by atoms with E-state index >= 15 is 13.6 Å². The molecule has 5 fully saturated rings. The molecule has 5 aliphatic carbocycles. The number of aryl methyl sites for hydroxylation is 2. The first-order valence-corrected chi connectivity index (χ1v) is 23.8. The zero-order valence-corrected chi connectivity index (χ0v) is 40.7. The van der Waals surface area contributed by atoms with Gasteiger partial charge in [-0.2, -0.15) is 0 Å². The first kappa shape index (κ1) is 48.4. The molecular formula is C51H61F2N3O13. The van der Waals surface area contributed by atoms with Crippen LogP contribution in [0.4, 0.5) is 19.3 Å². The Morgan fingerprint density at radius 3 is 2.33 bits per heavy atom. The van der Waals surface area contributed by atoms with E-state index in [0.717, 1.165) is 0 Å². The van der Waals surface area contributed by atoms with Crippen LogP contribution < -0.4 is 20.9 Å². The highest BCUT2D eigenvalue weighted by Crippen LogP contribution is 2.71. The Bertz CT molecular complexity index is 2910. The molecule has 4 saturated carbocycles. The number of allylic oxidation sites excluding steroid dienone is 4. The summed E-state index contributed by atoms with van der Waals surface area (Å²) in [4.78, 5) is 84.7. The number of aromatic nitrogens is 1. The van der Waals surface area contributed by atoms with Crippen LogP contribution in [0.2, 0.25) is 0 Å². The molecule has 372 valence electrons. The van der Waals surface area contributed by atoms with Gasteiger partial charge in [-0.1, -0.05) is 25.5 Å². The number of piperazine rings is 1. The third kappa shape index (κ3) is 6.84. The number of hydrogen-bond donors (Lipinski definition) is 2. The highest BCUT2D eigenvalue weighted by atomic mass is 19.1. The monoisotopic (exact) mass is 961 g/mol. The molecule has 0 radical (unpaired) electrons. The van der Waals surface area contributed by atoms with Crippen molar-refractivity contribution < 1.29 is 61.2 Å². The highest BCUT2D eigenvalue weighted by molar-refractivity contribution is 6.03. The zero-order chi connectivity index (χ0) is 50.2. The maximum Gasteiger partial charge on any atom is 0.519 e. The summed E-state index contributed by atoms with van der Waals surface area (Å²) in [5.74, 6) is -5.73. The number of methoxy groups -OCH3 is 1. The van der Waals surface area contributed by atoms with Gasteiger partial charge in [0.25, 0.3) is 0 Å². The molecule has 16 nitrogen and oxygen atoms in total. The number of hydrogen-bond acceptors (Lipinski definition) is 14. The smallest absolute Gasteiger partial charge is 0.492 e. The third-order valence-electron chi connectivity index (χ3n) is 17.1. The lowest BCUT2D eigenvalue weighted by Crippen LogP contribution is -2.70. The fourth-order valence-electron chi connectivity index (χ4n) is 13.3. The normalized spacial score (nSPS) is 32.1. The quantitative estimate of drug-likeness (QED) is 0.215. The van der Waals surface area contributed by atoms with Crippen LogP contribution in [0.5, 0.6) is 5.75 Å². The average molecular weight is 962 g/mol. The van der Waals surface area contributed by atoms with Crippen LogP contribution >= 0.6 is 0 Å². The fraction of sp³-hybridized carbons (Fsp3) is 0.608. The van der Waals surface area contributed by atoms with Crippen molar-refractivity contribution >= 4 is 40.2 Å². The number of carbonyl (C=O) groups excluding carboxylic acids is 4. The largest absolute Gasteiger partial charge is 0.519 e. The number of anilines is 1.